The van der Waals surface area contributed by atoms with Crippen molar-refractivity contribution >= 4 is 44.7 Å². The van der Waals surface area contributed by atoms with Gasteiger partial charge in [-0.25, -0.2) is 4.99 Å². The molecule has 47 heavy (non-hydrogen) atoms. The van der Waals surface area contributed by atoms with Gasteiger partial charge in [-0.3, -0.25) is 19.5 Å². The normalized spacial score (nSPS) is 15.3. The highest BCUT2D eigenvalue weighted by Crippen LogP contribution is 2.44. The van der Waals surface area contributed by atoms with Crippen LogP contribution in [0.2, 0.25) is 0 Å². The number of halogens is 1. The topological polar surface area (TPSA) is 105 Å². The van der Waals surface area contributed by atoms with Crippen LogP contribution in [0.1, 0.15) is 40.3 Å². The number of allylic oxidation sites excluding steroid dienone is 1. The maximum absolute atomic E-state index is 14.3. The second kappa shape index (κ2) is 12.7. The van der Waals surface area contributed by atoms with Crippen LogP contribution in [0.4, 0.5) is 5.69 Å². The Morgan fingerprint density at radius 2 is 1.79 bits per heavy atom. The average Bonchev–Trinajstić information content (AvgIpc) is 3.40. The third-order valence-corrected chi connectivity index (χ3v) is 10.0. The first-order valence-corrected chi connectivity index (χ1v) is 16.5. The summed E-state index contributed by atoms with van der Waals surface area (Å²) in [7, 11) is 3.26. The molecule has 1 aliphatic heterocycles. The number of nitrogens with zero attached hydrogens (tertiary/aromatic N) is 3. The molecule has 11 heteroatoms. The maximum Gasteiger partial charge on any atom is 0.271 e. The van der Waals surface area contributed by atoms with Gasteiger partial charge in [-0.1, -0.05) is 41.7 Å². The van der Waals surface area contributed by atoms with Gasteiger partial charge in [0.05, 0.1) is 39.9 Å². The first-order chi connectivity index (χ1) is 22.8. The molecular formula is C36H28BrN3O6S. The van der Waals surface area contributed by atoms with Crippen molar-refractivity contribution in [1.29, 1.82) is 0 Å². The number of aromatic nitrogens is 1. The Balaban J connectivity index is 1.29. The Bertz CT molecular complexity index is 2260. The summed E-state index contributed by atoms with van der Waals surface area (Å²) in [6.07, 6.45) is 3.48. The van der Waals surface area contributed by atoms with Crippen molar-refractivity contribution < 1.29 is 19.1 Å². The maximum atomic E-state index is 14.3. The molecule has 0 bridgehead atoms. The second-order valence-electron chi connectivity index (χ2n) is 11.1. The van der Waals surface area contributed by atoms with Gasteiger partial charge >= 0.3 is 0 Å². The predicted molar refractivity (Wildman–Crippen MR) is 184 cm³/mol. The van der Waals surface area contributed by atoms with Gasteiger partial charge in [0.15, 0.2) is 4.80 Å². The van der Waals surface area contributed by atoms with E-state index in [2.05, 4.69) is 28.1 Å². The van der Waals surface area contributed by atoms with Crippen LogP contribution in [0.25, 0.3) is 11.8 Å². The largest absolute Gasteiger partial charge is 0.497 e. The number of benzene rings is 4. The van der Waals surface area contributed by atoms with Crippen molar-refractivity contribution in [3.05, 3.63) is 153 Å². The molecular weight excluding hydrogens is 682 g/mol. The molecule has 1 aromatic heterocycles. The van der Waals surface area contributed by atoms with Gasteiger partial charge in [0, 0.05) is 23.3 Å². The molecule has 2 heterocycles. The van der Waals surface area contributed by atoms with Crippen molar-refractivity contribution in [2.24, 2.45) is 4.99 Å². The zero-order chi connectivity index (χ0) is 32.7. The van der Waals surface area contributed by atoms with Crippen LogP contribution in [-0.4, -0.2) is 23.7 Å². The van der Waals surface area contributed by atoms with E-state index in [1.807, 2.05) is 54.6 Å². The van der Waals surface area contributed by atoms with Crippen LogP contribution in [0.15, 0.2) is 105 Å². The Morgan fingerprint density at radius 3 is 2.53 bits per heavy atom. The van der Waals surface area contributed by atoms with E-state index >= 15 is 0 Å². The molecule has 0 unspecified atom stereocenters. The Hall–Kier alpha value is -5.00. The number of nitro groups is 1. The number of nitro benzene ring substituents is 1. The highest BCUT2D eigenvalue weighted by molar-refractivity contribution is 9.10. The number of hydrogen-bond acceptors (Lipinski definition) is 8. The fourth-order valence-electron chi connectivity index (χ4n) is 6.10. The van der Waals surface area contributed by atoms with Crippen molar-refractivity contribution in [2.45, 2.75) is 25.5 Å². The number of aryl methyl sites for hydroxylation is 1. The average molecular weight is 711 g/mol. The van der Waals surface area contributed by atoms with Crippen molar-refractivity contribution in [3.63, 3.8) is 0 Å². The predicted octanol–water partition coefficient (Wildman–Crippen LogP) is 6.59. The number of hydrogen-bond donors (Lipinski definition) is 0. The Labute approximate surface area is 282 Å². The SMILES string of the molecule is COc1ccc(OC)c([C@@H]2C3=C(N=c4s/c(=C/c5ccc(OCc6ccc([N+](=O)[O-])cc6)c(Br)c5)c(=O)n42)c2ccccc2CC3)c1. The number of rotatable bonds is 8. The van der Waals surface area contributed by atoms with Crippen molar-refractivity contribution in [2.75, 3.05) is 14.2 Å². The lowest BCUT2D eigenvalue weighted by molar-refractivity contribution is -0.384. The van der Waals surface area contributed by atoms with E-state index in [4.69, 9.17) is 19.2 Å². The quantitative estimate of drug-likeness (QED) is 0.133. The van der Waals surface area contributed by atoms with E-state index < -0.39 is 11.0 Å². The van der Waals surface area contributed by atoms with Gasteiger partial charge in [0.1, 0.15) is 23.9 Å². The van der Waals surface area contributed by atoms with E-state index in [1.54, 1.807) is 30.9 Å². The van der Waals surface area contributed by atoms with Crippen LogP contribution < -0.4 is 29.1 Å². The highest BCUT2D eigenvalue weighted by Gasteiger charge is 2.34. The molecule has 0 amide bonds. The molecule has 0 N–H and O–H groups in total. The minimum atomic E-state index is -0.431. The molecule has 7 rings (SSSR count). The summed E-state index contributed by atoms with van der Waals surface area (Å²) in [4.78, 5) is 30.5. The number of ether oxygens (including phenoxy) is 3. The van der Waals surface area contributed by atoms with Crippen molar-refractivity contribution in [3.8, 4) is 17.2 Å². The fraction of sp³-hybridized carbons (Fsp3) is 0.167. The first kappa shape index (κ1) is 30.6. The number of methoxy groups -OCH3 is 2. The summed E-state index contributed by atoms with van der Waals surface area (Å²) in [6.45, 7) is 0.246. The number of fused-ring (bicyclic) bond motifs is 3. The van der Waals surface area contributed by atoms with Gasteiger partial charge in [-0.05, 0) is 99.6 Å². The molecule has 5 aromatic rings. The van der Waals surface area contributed by atoms with Crippen LogP contribution >= 0.6 is 27.3 Å². The molecule has 0 saturated carbocycles. The highest BCUT2D eigenvalue weighted by atomic mass is 79.9. The van der Waals surface area contributed by atoms with E-state index in [0.29, 0.717) is 31.1 Å². The van der Waals surface area contributed by atoms with Crippen LogP contribution in [-0.2, 0) is 13.0 Å². The van der Waals surface area contributed by atoms with Crippen molar-refractivity contribution in [1.82, 2.24) is 4.57 Å². The van der Waals surface area contributed by atoms with Gasteiger partial charge in [0.2, 0.25) is 0 Å². The summed E-state index contributed by atoms with van der Waals surface area (Å²) in [5.41, 5.74) is 6.68. The van der Waals surface area contributed by atoms with Gasteiger partial charge < -0.3 is 14.2 Å². The summed E-state index contributed by atoms with van der Waals surface area (Å²) in [6, 6.07) is 25.5. The molecule has 0 fully saturated rings. The minimum Gasteiger partial charge on any atom is -0.497 e. The van der Waals surface area contributed by atoms with E-state index in [1.165, 1.54) is 29.0 Å². The lowest BCUT2D eigenvalue weighted by Gasteiger charge is -2.31. The van der Waals surface area contributed by atoms with Gasteiger partial charge in [-0.2, -0.15) is 0 Å². The number of non-ortho nitro benzene ring substituents is 1. The minimum absolute atomic E-state index is 0.0310. The van der Waals surface area contributed by atoms with Crippen LogP contribution in [0, 0.1) is 10.1 Å². The molecule has 236 valence electrons. The summed E-state index contributed by atoms with van der Waals surface area (Å²) < 4.78 is 20.4. The van der Waals surface area contributed by atoms with Crippen LogP contribution in [0.5, 0.6) is 17.2 Å². The fourth-order valence-corrected chi connectivity index (χ4v) is 7.61. The third kappa shape index (κ3) is 5.77. The lowest BCUT2D eigenvalue weighted by Crippen LogP contribution is -2.39. The molecule has 0 saturated heterocycles. The summed E-state index contributed by atoms with van der Waals surface area (Å²) in [5, 5.41) is 10.9. The molecule has 4 aromatic carbocycles. The number of thiazole rings is 1. The zero-order valence-electron chi connectivity index (χ0n) is 25.4. The smallest absolute Gasteiger partial charge is 0.271 e. The molecule has 9 nitrogen and oxygen atoms in total. The van der Waals surface area contributed by atoms with Crippen LogP contribution in [0.3, 0.4) is 0 Å². The molecule has 1 aliphatic carbocycles. The van der Waals surface area contributed by atoms with E-state index in [-0.39, 0.29) is 17.9 Å². The molecule has 0 radical (unpaired) electrons. The molecule has 1 atom stereocenters. The summed E-state index contributed by atoms with van der Waals surface area (Å²) >= 11 is 4.96. The van der Waals surface area contributed by atoms with Gasteiger partial charge in [0.25, 0.3) is 11.2 Å². The molecule has 2 aliphatic rings. The first-order valence-electron chi connectivity index (χ1n) is 14.9. The second-order valence-corrected chi connectivity index (χ2v) is 13.0. The lowest BCUT2D eigenvalue weighted by atomic mass is 9.83. The standard InChI is InChI=1S/C36H28BrN3O6S/c1-44-25-13-16-30(45-2)28(19-25)34-27-14-10-23-5-3-4-6-26(23)33(27)38-36-39(34)35(41)32(47-36)18-22-9-15-31(29(37)17-22)46-20-21-7-11-24(12-8-21)40(42)43/h3-9,11-13,15-19,34H,10,14,20H2,1-2H3/b32-18+/t34-/m0/s1. The zero-order valence-corrected chi connectivity index (χ0v) is 27.8. The summed E-state index contributed by atoms with van der Waals surface area (Å²) in [5.74, 6) is 1.96. The monoisotopic (exact) mass is 709 g/mol. The Kier molecular flexibility index (Phi) is 8.25. The van der Waals surface area contributed by atoms with E-state index in [0.717, 1.165) is 46.4 Å². The Morgan fingerprint density at radius 1 is 1.00 bits per heavy atom. The molecule has 0 spiro atoms. The van der Waals surface area contributed by atoms with Gasteiger partial charge in [-0.15, -0.1) is 0 Å². The third-order valence-electron chi connectivity index (χ3n) is 8.40. The van der Waals surface area contributed by atoms with E-state index in [9.17, 15) is 14.9 Å².